The maximum atomic E-state index is 11.7. The van der Waals surface area contributed by atoms with Crippen LogP contribution in [0.1, 0.15) is 5.56 Å². The Morgan fingerprint density at radius 2 is 2.00 bits per heavy atom. The Morgan fingerprint density at radius 3 is 2.63 bits per heavy atom. The highest BCUT2D eigenvalue weighted by atomic mass is 32.1. The Balaban J connectivity index is 2.20. The van der Waals surface area contributed by atoms with E-state index in [0.717, 1.165) is 5.56 Å². The van der Waals surface area contributed by atoms with Gasteiger partial charge in [0.2, 0.25) is 11.8 Å². The van der Waals surface area contributed by atoms with E-state index in [1.54, 1.807) is 0 Å². The SMILES string of the molecule is NC(=O)COCCNC(=O)C(S)Cc1ccccc1. The average molecular weight is 282 g/mol. The van der Waals surface area contributed by atoms with Crippen molar-refractivity contribution in [2.75, 3.05) is 19.8 Å². The van der Waals surface area contributed by atoms with E-state index in [4.69, 9.17) is 10.5 Å². The number of ether oxygens (including phenoxy) is 1. The van der Waals surface area contributed by atoms with E-state index in [0.29, 0.717) is 13.0 Å². The Bertz CT molecular complexity index is 412. The van der Waals surface area contributed by atoms with Crippen LogP contribution in [0, 0.1) is 0 Å². The topological polar surface area (TPSA) is 81.4 Å². The Labute approximate surface area is 117 Å². The van der Waals surface area contributed by atoms with E-state index in [2.05, 4.69) is 17.9 Å². The summed E-state index contributed by atoms with van der Waals surface area (Å²) in [5, 5.41) is 2.28. The highest BCUT2D eigenvalue weighted by Gasteiger charge is 2.13. The van der Waals surface area contributed by atoms with Gasteiger partial charge >= 0.3 is 0 Å². The lowest BCUT2D eigenvalue weighted by molar-refractivity contribution is -0.122. The maximum Gasteiger partial charge on any atom is 0.243 e. The van der Waals surface area contributed by atoms with Crippen molar-refractivity contribution in [3.63, 3.8) is 0 Å². The van der Waals surface area contributed by atoms with Crippen molar-refractivity contribution in [3.8, 4) is 0 Å². The number of carbonyl (C=O) groups is 2. The van der Waals surface area contributed by atoms with Crippen molar-refractivity contribution in [3.05, 3.63) is 35.9 Å². The molecule has 0 aliphatic rings. The first-order chi connectivity index (χ1) is 9.09. The van der Waals surface area contributed by atoms with Crippen molar-refractivity contribution in [1.82, 2.24) is 5.32 Å². The van der Waals surface area contributed by atoms with Crippen molar-refractivity contribution < 1.29 is 14.3 Å². The molecule has 1 rings (SSSR count). The highest BCUT2D eigenvalue weighted by molar-refractivity contribution is 7.81. The molecule has 5 nitrogen and oxygen atoms in total. The molecular formula is C13H18N2O3S. The van der Waals surface area contributed by atoms with E-state index < -0.39 is 11.2 Å². The molecule has 0 aliphatic carbocycles. The molecule has 0 saturated heterocycles. The molecule has 0 fully saturated rings. The summed E-state index contributed by atoms with van der Waals surface area (Å²) in [5.41, 5.74) is 5.96. The number of hydrogen-bond donors (Lipinski definition) is 3. The van der Waals surface area contributed by atoms with Crippen LogP contribution in [-0.4, -0.2) is 36.8 Å². The molecule has 19 heavy (non-hydrogen) atoms. The van der Waals surface area contributed by atoms with E-state index in [-0.39, 0.29) is 19.1 Å². The summed E-state index contributed by atoms with van der Waals surface area (Å²) in [6.45, 7) is 0.447. The highest BCUT2D eigenvalue weighted by Crippen LogP contribution is 2.07. The fourth-order valence-electron chi connectivity index (χ4n) is 1.47. The minimum Gasteiger partial charge on any atom is -0.370 e. The van der Waals surface area contributed by atoms with E-state index in [1.807, 2.05) is 30.3 Å². The first kappa shape index (κ1) is 15.5. The summed E-state index contributed by atoms with van der Waals surface area (Å²) in [6.07, 6.45) is 0.567. The molecule has 0 aliphatic heterocycles. The molecule has 0 radical (unpaired) electrons. The van der Waals surface area contributed by atoms with Gasteiger partial charge in [0.05, 0.1) is 11.9 Å². The van der Waals surface area contributed by atoms with Crippen LogP contribution in [0.4, 0.5) is 0 Å². The third kappa shape index (κ3) is 6.83. The van der Waals surface area contributed by atoms with Crippen molar-refractivity contribution in [1.29, 1.82) is 0 Å². The fourth-order valence-corrected chi connectivity index (χ4v) is 1.77. The van der Waals surface area contributed by atoms with Gasteiger partial charge in [-0.3, -0.25) is 9.59 Å². The monoisotopic (exact) mass is 282 g/mol. The summed E-state index contributed by atoms with van der Waals surface area (Å²) < 4.78 is 4.93. The second-order valence-corrected chi connectivity index (χ2v) is 4.64. The van der Waals surface area contributed by atoms with Crippen LogP contribution in [-0.2, 0) is 20.7 Å². The average Bonchev–Trinajstić information content (AvgIpc) is 2.38. The molecule has 0 heterocycles. The Kier molecular flexibility index (Phi) is 6.99. The third-order valence-electron chi connectivity index (χ3n) is 2.36. The van der Waals surface area contributed by atoms with Crippen LogP contribution in [0.5, 0.6) is 0 Å². The Hall–Kier alpha value is -1.53. The smallest absolute Gasteiger partial charge is 0.243 e. The van der Waals surface area contributed by atoms with Crippen LogP contribution in [0.3, 0.4) is 0 Å². The molecule has 1 unspecified atom stereocenters. The molecule has 6 heteroatoms. The second kappa shape index (κ2) is 8.55. The van der Waals surface area contributed by atoms with Crippen LogP contribution in [0.15, 0.2) is 30.3 Å². The second-order valence-electron chi connectivity index (χ2n) is 4.02. The number of thiol groups is 1. The van der Waals surface area contributed by atoms with Gasteiger partial charge in [-0.15, -0.1) is 0 Å². The van der Waals surface area contributed by atoms with Crippen LogP contribution < -0.4 is 11.1 Å². The molecule has 0 aromatic heterocycles. The third-order valence-corrected chi connectivity index (χ3v) is 2.78. The number of amides is 2. The lowest BCUT2D eigenvalue weighted by Crippen LogP contribution is -2.35. The number of nitrogens with one attached hydrogen (secondary N) is 1. The summed E-state index contributed by atoms with van der Waals surface area (Å²) in [4.78, 5) is 22.1. The predicted molar refractivity (Wildman–Crippen MR) is 75.9 cm³/mol. The van der Waals surface area contributed by atoms with E-state index in [1.165, 1.54) is 0 Å². The van der Waals surface area contributed by atoms with Crippen molar-refractivity contribution in [2.45, 2.75) is 11.7 Å². The standard InChI is InChI=1S/C13H18N2O3S/c14-12(16)9-18-7-6-15-13(17)11(19)8-10-4-2-1-3-5-10/h1-5,11,19H,6-9H2,(H2,14,16)(H,15,17). The summed E-state index contributed by atoms with van der Waals surface area (Å²) in [5.74, 6) is -0.683. The summed E-state index contributed by atoms with van der Waals surface area (Å²) in [7, 11) is 0. The van der Waals surface area contributed by atoms with Gasteiger partial charge in [0, 0.05) is 6.54 Å². The summed E-state index contributed by atoms with van der Waals surface area (Å²) >= 11 is 4.27. The number of hydrogen-bond acceptors (Lipinski definition) is 4. The number of primary amides is 1. The normalized spacial score (nSPS) is 11.8. The Morgan fingerprint density at radius 1 is 1.32 bits per heavy atom. The molecule has 3 N–H and O–H groups in total. The molecule has 2 amide bonds. The number of nitrogens with two attached hydrogens (primary N) is 1. The first-order valence-electron chi connectivity index (χ1n) is 5.95. The van der Waals surface area contributed by atoms with Gasteiger partial charge < -0.3 is 15.8 Å². The first-order valence-corrected chi connectivity index (χ1v) is 6.47. The van der Waals surface area contributed by atoms with Crippen LogP contribution >= 0.6 is 12.6 Å². The number of rotatable bonds is 8. The molecule has 0 saturated carbocycles. The molecule has 104 valence electrons. The van der Waals surface area contributed by atoms with E-state index >= 15 is 0 Å². The van der Waals surface area contributed by atoms with Crippen molar-refractivity contribution >= 4 is 24.4 Å². The fraction of sp³-hybridized carbons (Fsp3) is 0.385. The molecule has 1 atom stereocenters. The van der Waals surface area contributed by atoms with Gasteiger partial charge in [0.1, 0.15) is 6.61 Å². The van der Waals surface area contributed by atoms with Gasteiger partial charge in [-0.25, -0.2) is 0 Å². The minimum absolute atomic E-state index is 0.135. The van der Waals surface area contributed by atoms with Gasteiger partial charge in [-0.1, -0.05) is 30.3 Å². The largest absolute Gasteiger partial charge is 0.370 e. The number of carbonyl (C=O) groups excluding carboxylic acids is 2. The molecule has 1 aromatic rings. The lowest BCUT2D eigenvalue weighted by atomic mass is 10.1. The molecule has 1 aromatic carbocycles. The van der Waals surface area contributed by atoms with Gasteiger partial charge in [0.25, 0.3) is 0 Å². The summed E-state index contributed by atoms with van der Waals surface area (Å²) in [6, 6.07) is 9.67. The van der Waals surface area contributed by atoms with Crippen molar-refractivity contribution in [2.24, 2.45) is 5.73 Å². The molecule has 0 bridgehead atoms. The zero-order chi connectivity index (χ0) is 14.1. The molecule has 0 spiro atoms. The van der Waals surface area contributed by atoms with E-state index in [9.17, 15) is 9.59 Å². The molecular weight excluding hydrogens is 264 g/mol. The lowest BCUT2D eigenvalue weighted by Gasteiger charge is -2.11. The van der Waals surface area contributed by atoms with Crippen LogP contribution in [0.25, 0.3) is 0 Å². The quantitative estimate of drug-likeness (QED) is 0.469. The van der Waals surface area contributed by atoms with Gasteiger partial charge in [-0.2, -0.15) is 12.6 Å². The maximum absolute atomic E-state index is 11.7. The number of benzene rings is 1. The zero-order valence-corrected chi connectivity index (χ0v) is 11.4. The minimum atomic E-state index is -0.525. The van der Waals surface area contributed by atoms with Gasteiger partial charge in [-0.05, 0) is 12.0 Å². The predicted octanol–water partition coefficient (Wildman–Crippen LogP) is 0.146. The van der Waals surface area contributed by atoms with Gasteiger partial charge in [0.15, 0.2) is 0 Å². The van der Waals surface area contributed by atoms with Crippen LogP contribution in [0.2, 0.25) is 0 Å². The zero-order valence-electron chi connectivity index (χ0n) is 10.5.